The second-order valence-electron chi connectivity index (χ2n) is 3.00. The van der Waals surface area contributed by atoms with Crippen molar-refractivity contribution in [2.75, 3.05) is 17.6 Å². The minimum absolute atomic E-state index is 0.0343. The second-order valence-corrected chi connectivity index (χ2v) is 3.40. The van der Waals surface area contributed by atoms with Crippen molar-refractivity contribution in [2.45, 2.75) is 6.42 Å². The first-order valence-corrected chi connectivity index (χ1v) is 4.65. The fourth-order valence-corrected chi connectivity index (χ4v) is 1.21. The summed E-state index contributed by atoms with van der Waals surface area (Å²) in [6.45, 7) is 0.306. The lowest BCUT2D eigenvalue weighted by Crippen LogP contribution is -2.16. The Morgan fingerprint density at radius 3 is 2.80 bits per heavy atom. The van der Waals surface area contributed by atoms with Crippen LogP contribution in [0.25, 0.3) is 0 Å². The highest BCUT2D eigenvalue weighted by Gasteiger charge is 2.05. The molecule has 0 aliphatic carbocycles. The maximum absolute atomic E-state index is 13.0. The molecule has 4 nitrogen and oxygen atoms in total. The van der Waals surface area contributed by atoms with Gasteiger partial charge in [0.05, 0.1) is 16.4 Å². The van der Waals surface area contributed by atoms with Gasteiger partial charge in [-0.3, -0.25) is 4.79 Å². The number of nitrogens with two attached hydrogens (primary N) is 2. The standard InChI is InChI=1S/C9H11ClFN3O/c10-5-3-7(12)8(4-6(5)11)14-2-1-9(13)15/h3-4,14H,1-2,12H2,(H2,13,15). The molecule has 0 aliphatic rings. The van der Waals surface area contributed by atoms with Crippen LogP contribution < -0.4 is 16.8 Å². The Morgan fingerprint density at radius 1 is 1.53 bits per heavy atom. The highest BCUT2D eigenvalue weighted by atomic mass is 35.5. The zero-order valence-electron chi connectivity index (χ0n) is 7.89. The van der Waals surface area contributed by atoms with Gasteiger partial charge in [-0.1, -0.05) is 11.6 Å². The molecule has 1 amide bonds. The Hall–Kier alpha value is -1.49. The summed E-state index contributed by atoms with van der Waals surface area (Å²) < 4.78 is 13.0. The van der Waals surface area contributed by atoms with E-state index in [2.05, 4.69) is 5.32 Å². The molecular formula is C9H11ClFN3O. The average molecular weight is 232 g/mol. The van der Waals surface area contributed by atoms with E-state index < -0.39 is 11.7 Å². The predicted octanol–water partition coefficient (Wildman–Crippen LogP) is 1.35. The van der Waals surface area contributed by atoms with E-state index in [9.17, 15) is 9.18 Å². The number of anilines is 2. The van der Waals surface area contributed by atoms with E-state index in [-0.39, 0.29) is 11.4 Å². The van der Waals surface area contributed by atoms with Crippen LogP contribution in [0.3, 0.4) is 0 Å². The SMILES string of the molecule is NC(=O)CCNc1cc(F)c(Cl)cc1N. The van der Waals surface area contributed by atoms with Gasteiger partial charge in [0.25, 0.3) is 0 Å². The van der Waals surface area contributed by atoms with Crippen molar-refractivity contribution in [2.24, 2.45) is 5.73 Å². The number of carbonyl (C=O) groups excluding carboxylic acids is 1. The van der Waals surface area contributed by atoms with Crippen LogP contribution in [0.1, 0.15) is 6.42 Å². The normalized spacial score (nSPS) is 10.0. The molecule has 1 rings (SSSR count). The molecule has 5 N–H and O–H groups in total. The Balaban J connectivity index is 2.69. The van der Waals surface area contributed by atoms with E-state index in [1.54, 1.807) is 0 Å². The molecule has 0 fully saturated rings. The van der Waals surface area contributed by atoms with E-state index in [1.165, 1.54) is 12.1 Å². The maximum atomic E-state index is 13.0. The molecule has 1 aromatic rings. The Labute approximate surface area is 91.4 Å². The molecular weight excluding hydrogens is 221 g/mol. The zero-order valence-corrected chi connectivity index (χ0v) is 8.64. The predicted molar refractivity (Wildman–Crippen MR) is 58.1 cm³/mol. The van der Waals surface area contributed by atoms with Gasteiger partial charge in [0.15, 0.2) is 0 Å². The molecule has 15 heavy (non-hydrogen) atoms. The van der Waals surface area contributed by atoms with Crippen LogP contribution in [-0.2, 0) is 4.79 Å². The van der Waals surface area contributed by atoms with Crippen molar-refractivity contribution in [3.8, 4) is 0 Å². The summed E-state index contributed by atoms with van der Waals surface area (Å²) in [4.78, 5) is 10.5. The quantitative estimate of drug-likeness (QED) is 0.684. The van der Waals surface area contributed by atoms with E-state index in [0.29, 0.717) is 17.9 Å². The van der Waals surface area contributed by atoms with Gasteiger partial charge in [-0.2, -0.15) is 0 Å². The van der Waals surface area contributed by atoms with Crippen LogP contribution in [0.2, 0.25) is 5.02 Å². The molecule has 0 aromatic heterocycles. The monoisotopic (exact) mass is 231 g/mol. The van der Waals surface area contributed by atoms with Gasteiger partial charge < -0.3 is 16.8 Å². The molecule has 1 aromatic carbocycles. The van der Waals surface area contributed by atoms with E-state index in [4.69, 9.17) is 23.1 Å². The smallest absolute Gasteiger partial charge is 0.219 e. The number of carbonyl (C=O) groups is 1. The lowest BCUT2D eigenvalue weighted by Gasteiger charge is -2.09. The van der Waals surface area contributed by atoms with Gasteiger partial charge in [0.1, 0.15) is 5.82 Å². The van der Waals surface area contributed by atoms with Crippen LogP contribution in [0.4, 0.5) is 15.8 Å². The summed E-state index contributed by atoms with van der Waals surface area (Å²) in [5.74, 6) is -0.997. The highest BCUT2D eigenvalue weighted by molar-refractivity contribution is 6.31. The van der Waals surface area contributed by atoms with E-state index in [0.717, 1.165) is 0 Å². The largest absolute Gasteiger partial charge is 0.397 e. The first-order valence-electron chi connectivity index (χ1n) is 4.27. The maximum Gasteiger partial charge on any atom is 0.219 e. The van der Waals surface area contributed by atoms with Crippen molar-refractivity contribution in [1.82, 2.24) is 0 Å². The minimum Gasteiger partial charge on any atom is -0.397 e. The molecule has 0 spiro atoms. The van der Waals surface area contributed by atoms with Gasteiger partial charge in [0, 0.05) is 19.0 Å². The van der Waals surface area contributed by atoms with Crippen LogP contribution in [0, 0.1) is 5.82 Å². The Bertz CT molecular complexity index is 384. The number of amides is 1. The summed E-state index contributed by atoms with van der Waals surface area (Å²) in [6, 6.07) is 2.49. The van der Waals surface area contributed by atoms with E-state index >= 15 is 0 Å². The third-order valence-electron chi connectivity index (χ3n) is 1.78. The van der Waals surface area contributed by atoms with Crippen LogP contribution in [-0.4, -0.2) is 12.5 Å². The van der Waals surface area contributed by atoms with Gasteiger partial charge in [-0.15, -0.1) is 0 Å². The van der Waals surface area contributed by atoms with Crippen LogP contribution >= 0.6 is 11.6 Å². The molecule has 0 saturated heterocycles. The van der Waals surface area contributed by atoms with Crippen molar-refractivity contribution < 1.29 is 9.18 Å². The minimum atomic E-state index is -0.563. The number of rotatable bonds is 4. The first-order chi connectivity index (χ1) is 7.00. The molecule has 0 bridgehead atoms. The molecule has 0 atom stereocenters. The average Bonchev–Trinajstić information content (AvgIpc) is 2.13. The number of hydrogen-bond donors (Lipinski definition) is 3. The van der Waals surface area contributed by atoms with Crippen molar-refractivity contribution in [1.29, 1.82) is 0 Å². The fraction of sp³-hybridized carbons (Fsp3) is 0.222. The van der Waals surface area contributed by atoms with Crippen LogP contribution in [0.5, 0.6) is 0 Å². The summed E-state index contributed by atoms with van der Waals surface area (Å²) >= 11 is 5.51. The van der Waals surface area contributed by atoms with Crippen LogP contribution in [0.15, 0.2) is 12.1 Å². The van der Waals surface area contributed by atoms with Gasteiger partial charge in [0.2, 0.25) is 5.91 Å². The first kappa shape index (κ1) is 11.6. The van der Waals surface area contributed by atoms with Gasteiger partial charge in [-0.25, -0.2) is 4.39 Å². The third-order valence-corrected chi connectivity index (χ3v) is 2.07. The molecule has 0 heterocycles. The Kier molecular flexibility index (Phi) is 3.74. The molecule has 0 radical (unpaired) electrons. The lowest BCUT2D eigenvalue weighted by molar-refractivity contribution is -0.117. The lowest BCUT2D eigenvalue weighted by atomic mass is 10.2. The summed E-state index contributed by atoms with van der Waals surface area (Å²) in [5.41, 5.74) is 11.2. The summed E-state index contributed by atoms with van der Waals surface area (Å²) in [6.07, 6.45) is 0.156. The van der Waals surface area contributed by atoms with Gasteiger partial charge in [-0.05, 0) is 6.07 Å². The topological polar surface area (TPSA) is 81.1 Å². The zero-order chi connectivity index (χ0) is 11.4. The van der Waals surface area contributed by atoms with Crippen molar-refractivity contribution in [3.63, 3.8) is 0 Å². The molecule has 0 aliphatic heterocycles. The number of benzene rings is 1. The van der Waals surface area contributed by atoms with Crippen molar-refractivity contribution in [3.05, 3.63) is 23.0 Å². The highest BCUT2D eigenvalue weighted by Crippen LogP contribution is 2.25. The number of nitrogens with one attached hydrogen (secondary N) is 1. The Morgan fingerprint density at radius 2 is 2.20 bits per heavy atom. The fourth-order valence-electron chi connectivity index (χ4n) is 1.04. The molecule has 6 heteroatoms. The molecule has 0 unspecified atom stereocenters. The van der Waals surface area contributed by atoms with Crippen molar-refractivity contribution >= 4 is 28.9 Å². The van der Waals surface area contributed by atoms with E-state index in [1.807, 2.05) is 0 Å². The van der Waals surface area contributed by atoms with Gasteiger partial charge >= 0.3 is 0 Å². The number of hydrogen-bond acceptors (Lipinski definition) is 3. The second kappa shape index (κ2) is 4.84. The number of nitrogen functional groups attached to an aromatic ring is 1. The number of halogens is 2. The summed E-state index contributed by atoms with van der Waals surface area (Å²) in [7, 11) is 0. The molecule has 0 saturated carbocycles. The third kappa shape index (κ3) is 3.28. The molecule has 82 valence electrons. The summed E-state index contributed by atoms with van der Waals surface area (Å²) in [5, 5.41) is 2.75. The number of primary amides is 1.